The number of fused-ring (bicyclic) bond motifs is 7. The first-order valence-electron chi connectivity index (χ1n) is 18.1. The summed E-state index contributed by atoms with van der Waals surface area (Å²) in [5.41, 5.74) is 0.747. The summed E-state index contributed by atoms with van der Waals surface area (Å²) in [6.07, 6.45) is 15.5. The van der Waals surface area contributed by atoms with Gasteiger partial charge in [0.15, 0.2) is 0 Å². The second-order valence-corrected chi connectivity index (χ2v) is 18.6. The van der Waals surface area contributed by atoms with Crippen molar-refractivity contribution in [1.82, 2.24) is 4.90 Å². The maximum Gasteiger partial charge on any atom is 0.306 e. The molecule has 0 aliphatic heterocycles. The molecule has 0 aromatic rings. The Balaban J connectivity index is 1.32. The van der Waals surface area contributed by atoms with Crippen LogP contribution in [0.15, 0.2) is 0 Å². The quantitative estimate of drug-likeness (QED) is 0.243. The van der Waals surface area contributed by atoms with Gasteiger partial charge in [-0.1, -0.05) is 54.9 Å². The molecule has 2 unspecified atom stereocenters. The Kier molecular flexibility index (Phi) is 9.20. The van der Waals surface area contributed by atoms with Gasteiger partial charge in [-0.3, -0.25) is 9.59 Å². The molecule has 252 valence electrons. The molecule has 5 aliphatic carbocycles. The van der Waals surface area contributed by atoms with Gasteiger partial charge in [0.2, 0.25) is 0 Å². The van der Waals surface area contributed by atoms with E-state index in [-0.39, 0.29) is 42.4 Å². The maximum atomic E-state index is 13.1. The molecule has 2 N–H and O–H groups in total. The predicted molar refractivity (Wildman–Crippen MR) is 175 cm³/mol. The van der Waals surface area contributed by atoms with E-state index < -0.39 is 11.4 Å². The summed E-state index contributed by atoms with van der Waals surface area (Å²) in [6.45, 7) is 18.6. The number of carboxylic acids is 1. The fourth-order valence-electron chi connectivity index (χ4n) is 13.1. The van der Waals surface area contributed by atoms with Gasteiger partial charge in [0.25, 0.3) is 0 Å². The van der Waals surface area contributed by atoms with Gasteiger partial charge >= 0.3 is 11.9 Å². The van der Waals surface area contributed by atoms with Crippen LogP contribution in [-0.2, 0) is 14.3 Å². The fourth-order valence-corrected chi connectivity index (χ4v) is 13.1. The fraction of sp³-hybridized carbons (Fsp3) is 0.947. The van der Waals surface area contributed by atoms with Crippen molar-refractivity contribution in [3.8, 4) is 0 Å². The van der Waals surface area contributed by atoms with Crippen LogP contribution in [0.4, 0.5) is 0 Å². The molecule has 6 heteroatoms. The van der Waals surface area contributed by atoms with E-state index in [4.69, 9.17) is 4.74 Å². The monoisotopic (exact) mass is 615 g/mol. The smallest absolute Gasteiger partial charge is 0.306 e. The Morgan fingerprint density at radius 1 is 0.818 bits per heavy atom. The molecular weight excluding hydrogens is 550 g/mol. The number of hydrogen-bond donors (Lipinski definition) is 2. The lowest BCUT2D eigenvalue weighted by molar-refractivity contribution is -0.249. The number of rotatable bonds is 10. The summed E-state index contributed by atoms with van der Waals surface area (Å²) < 4.78 is 6.25. The minimum absolute atomic E-state index is 0.0282. The van der Waals surface area contributed by atoms with E-state index in [9.17, 15) is 19.8 Å². The highest BCUT2D eigenvalue weighted by molar-refractivity contribution is 5.73. The highest BCUT2D eigenvalue weighted by Crippen LogP contribution is 2.77. The van der Waals surface area contributed by atoms with Crippen LogP contribution in [0, 0.1) is 56.2 Å². The van der Waals surface area contributed by atoms with Crippen molar-refractivity contribution in [1.29, 1.82) is 0 Å². The minimum Gasteiger partial charge on any atom is -0.481 e. The molecule has 5 fully saturated rings. The van der Waals surface area contributed by atoms with Gasteiger partial charge < -0.3 is 19.8 Å². The Labute approximate surface area is 268 Å². The molecule has 0 spiro atoms. The molecule has 0 heterocycles. The summed E-state index contributed by atoms with van der Waals surface area (Å²) in [5.74, 6) is 1.78. The zero-order valence-electron chi connectivity index (χ0n) is 29.5. The number of ether oxygens (including phenoxy) is 1. The topological polar surface area (TPSA) is 87.1 Å². The predicted octanol–water partition coefficient (Wildman–Crippen LogP) is 7.96. The number of aliphatic carboxylic acids is 1. The second-order valence-electron chi connectivity index (χ2n) is 18.6. The molecule has 6 nitrogen and oxygen atoms in total. The van der Waals surface area contributed by atoms with E-state index in [1.54, 1.807) is 0 Å². The molecule has 0 amide bonds. The first kappa shape index (κ1) is 34.2. The zero-order valence-corrected chi connectivity index (χ0v) is 29.5. The minimum atomic E-state index is -0.868. The number of carboxylic acid groups (broad SMARTS) is 1. The van der Waals surface area contributed by atoms with Crippen LogP contribution in [0.2, 0.25) is 0 Å². The van der Waals surface area contributed by atoms with E-state index in [0.717, 1.165) is 37.8 Å². The average Bonchev–Trinajstić information content (AvgIpc) is 3.33. The third kappa shape index (κ3) is 5.58. The lowest BCUT2D eigenvalue weighted by atomic mass is 9.32. The summed E-state index contributed by atoms with van der Waals surface area (Å²) in [6, 6.07) is 0. The number of esters is 1. The zero-order chi connectivity index (χ0) is 32.3. The Morgan fingerprint density at radius 2 is 1.55 bits per heavy atom. The molecule has 44 heavy (non-hydrogen) atoms. The van der Waals surface area contributed by atoms with Crippen molar-refractivity contribution in [3.63, 3.8) is 0 Å². The molecular formula is C38H65NO5. The summed E-state index contributed by atoms with van der Waals surface area (Å²) in [5, 5.41) is 18.7. The molecule has 0 aromatic carbocycles. The molecule has 0 bridgehead atoms. The molecule has 9 atom stereocenters. The lowest BCUT2D eigenvalue weighted by Crippen LogP contribution is -2.66. The van der Waals surface area contributed by atoms with Gasteiger partial charge in [-0.15, -0.1) is 0 Å². The third-order valence-corrected chi connectivity index (χ3v) is 15.5. The molecule has 0 aromatic heterocycles. The summed E-state index contributed by atoms with van der Waals surface area (Å²) >= 11 is 0. The number of likely N-dealkylation sites (N-methyl/N-ethyl adjacent to an activating group) is 1. The highest BCUT2D eigenvalue weighted by atomic mass is 16.5. The lowest BCUT2D eigenvalue weighted by Gasteiger charge is -2.72. The van der Waals surface area contributed by atoms with Gasteiger partial charge in [0, 0.05) is 12.0 Å². The number of carbonyl (C=O) groups is 2. The van der Waals surface area contributed by atoms with Crippen LogP contribution in [0.1, 0.15) is 138 Å². The van der Waals surface area contributed by atoms with Gasteiger partial charge in [0.05, 0.1) is 19.4 Å². The van der Waals surface area contributed by atoms with E-state index in [0.29, 0.717) is 28.1 Å². The third-order valence-electron chi connectivity index (χ3n) is 15.5. The van der Waals surface area contributed by atoms with Crippen LogP contribution in [0.5, 0.6) is 0 Å². The summed E-state index contributed by atoms with van der Waals surface area (Å²) in [7, 11) is 2.17. The number of hydrogen-bond acceptors (Lipinski definition) is 5. The van der Waals surface area contributed by atoms with Crippen LogP contribution in [0.3, 0.4) is 0 Å². The average molecular weight is 616 g/mol. The molecule has 5 aliphatic rings. The van der Waals surface area contributed by atoms with E-state index in [2.05, 4.69) is 46.6 Å². The first-order chi connectivity index (χ1) is 20.4. The van der Waals surface area contributed by atoms with Crippen LogP contribution in [0.25, 0.3) is 0 Å². The van der Waals surface area contributed by atoms with Crippen molar-refractivity contribution in [2.75, 3.05) is 26.7 Å². The highest BCUT2D eigenvalue weighted by Gasteiger charge is 2.70. The number of aliphatic hydroxyl groups is 1. The normalized spacial score (nSPS) is 43.0. The Morgan fingerprint density at radius 3 is 2.23 bits per heavy atom. The van der Waals surface area contributed by atoms with Crippen LogP contribution >= 0.6 is 0 Å². The van der Waals surface area contributed by atoms with Crippen molar-refractivity contribution in [2.24, 2.45) is 56.2 Å². The van der Waals surface area contributed by atoms with E-state index in [1.165, 1.54) is 64.2 Å². The van der Waals surface area contributed by atoms with Gasteiger partial charge in [-0.05, 0) is 135 Å². The molecule has 5 rings (SSSR count). The van der Waals surface area contributed by atoms with E-state index in [1.807, 2.05) is 13.8 Å². The van der Waals surface area contributed by atoms with Crippen LogP contribution in [-0.4, -0.2) is 59.9 Å². The van der Waals surface area contributed by atoms with Crippen molar-refractivity contribution >= 4 is 11.9 Å². The maximum absolute atomic E-state index is 13.1. The molecule has 0 radical (unpaired) electrons. The first-order valence-corrected chi connectivity index (χ1v) is 18.1. The molecule has 0 saturated heterocycles. The SMILES string of the molecule is CN(CCO)CC[C@]12CCC[C@@H]1[C@H]1CCC3[C@@]4(C)CC[C@H](OC(=O)CC(C)(C)CC(=O)O)C(C)(C)C4CC[C@@]3(C)[C@]1(C)CC2. The molecule has 5 saturated carbocycles. The van der Waals surface area contributed by atoms with Gasteiger partial charge in [-0.25, -0.2) is 0 Å². The number of nitrogens with zero attached hydrogens (tertiary/aromatic N) is 1. The van der Waals surface area contributed by atoms with Crippen molar-refractivity contribution < 1.29 is 24.5 Å². The standard InChI is InChI=1S/C38H65NO5/c1-33(2,24-31(41)42)25-32(43)44-30-14-16-35(5)28(34(30,3)4)13-17-37(7)29(35)12-11-26-27-10-9-15-38(27,19-18-36(26,37)6)20-21-39(8)22-23-40/h26-30,40H,9-25H2,1-8H3,(H,41,42)/t26-,27-,28?,29?,30+,35+,36-,37-,38-/m1/s1. The Bertz CT molecular complexity index is 1090. The van der Waals surface area contributed by atoms with Crippen molar-refractivity contribution in [2.45, 2.75) is 144 Å². The number of carbonyl (C=O) groups excluding carboxylic acids is 1. The number of aliphatic hydroxyl groups excluding tert-OH is 1. The second kappa shape index (κ2) is 11.8. The van der Waals surface area contributed by atoms with E-state index >= 15 is 0 Å². The Hall–Kier alpha value is -1.14. The van der Waals surface area contributed by atoms with Gasteiger partial charge in [0.1, 0.15) is 6.10 Å². The van der Waals surface area contributed by atoms with Crippen molar-refractivity contribution in [3.05, 3.63) is 0 Å². The van der Waals surface area contributed by atoms with Crippen LogP contribution < -0.4 is 0 Å². The largest absolute Gasteiger partial charge is 0.481 e. The summed E-state index contributed by atoms with van der Waals surface area (Å²) in [4.78, 5) is 26.8. The van der Waals surface area contributed by atoms with Gasteiger partial charge in [-0.2, -0.15) is 0 Å².